The SMILES string of the molecule is COc1ccc(CCC(=O)O)cc1-n1cnc(C)c1. The summed E-state index contributed by atoms with van der Waals surface area (Å²) in [5.74, 6) is -0.0627. The highest BCUT2D eigenvalue weighted by Crippen LogP contribution is 2.24. The van der Waals surface area contributed by atoms with Gasteiger partial charge in [0, 0.05) is 12.6 Å². The molecule has 100 valence electrons. The molecule has 0 radical (unpaired) electrons. The van der Waals surface area contributed by atoms with Crippen molar-refractivity contribution in [3.63, 3.8) is 0 Å². The number of carbonyl (C=O) groups is 1. The molecule has 0 aliphatic carbocycles. The Labute approximate surface area is 111 Å². The van der Waals surface area contributed by atoms with Gasteiger partial charge in [-0.3, -0.25) is 4.79 Å². The second kappa shape index (κ2) is 5.56. The third-order valence-corrected chi connectivity index (χ3v) is 2.86. The molecule has 0 aliphatic rings. The Morgan fingerprint density at radius 1 is 1.47 bits per heavy atom. The number of carboxylic acid groups (broad SMARTS) is 1. The molecular formula is C14H16N2O3. The third-order valence-electron chi connectivity index (χ3n) is 2.86. The van der Waals surface area contributed by atoms with Crippen molar-refractivity contribution in [2.75, 3.05) is 7.11 Å². The van der Waals surface area contributed by atoms with Gasteiger partial charge < -0.3 is 14.4 Å². The van der Waals surface area contributed by atoms with Gasteiger partial charge in [-0.05, 0) is 31.0 Å². The Bertz CT molecular complexity index is 590. The van der Waals surface area contributed by atoms with Crippen molar-refractivity contribution in [2.45, 2.75) is 19.8 Å². The first-order valence-electron chi connectivity index (χ1n) is 6.00. The summed E-state index contributed by atoms with van der Waals surface area (Å²) < 4.78 is 7.20. The smallest absolute Gasteiger partial charge is 0.303 e. The van der Waals surface area contributed by atoms with E-state index in [2.05, 4.69) is 4.98 Å². The number of carboxylic acids is 1. The standard InChI is InChI=1S/C14H16N2O3/c1-10-8-16(9-15-10)12-7-11(4-6-14(17)18)3-5-13(12)19-2/h3,5,7-9H,4,6H2,1-2H3,(H,17,18). The van der Waals surface area contributed by atoms with E-state index in [1.165, 1.54) is 0 Å². The van der Waals surface area contributed by atoms with E-state index >= 15 is 0 Å². The third kappa shape index (κ3) is 3.13. The van der Waals surface area contributed by atoms with Crippen LogP contribution in [0.15, 0.2) is 30.7 Å². The van der Waals surface area contributed by atoms with Gasteiger partial charge in [-0.2, -0.15) is 0 Å². The number of ether oxygens (including phenoxy) is 1. The second-order valence-corrected chi connectivity index (χ2v) is 4.32. The maximum Gasteiger partial charge on any atom is 0.303 e. The molecular weight excluding hydrogens is 244 g/mol. The molecule has 1 heterocycles. The Hall–Kier alpha value is -2.30. The maximum atomic E-state index is 10.6. The number of nitrogens with zero attached hydrogens (tertiary/aromatic N) is 2. The van der Waals surface area contributed by atoms with Gasteiger partial charge in [-0.25, -0.2) is 4.98 Å². The summed E-state index contributed by atoms with van der Waals surface area (Å²) in [7, 11) is 1.61. The Morgan fingerprint density at radius 3 is 2.84 bits per heavy atom. The van der Waals surface area contributed by atoms with Crippen molar-refractivity contribution < 1.29 is 14.6 Å². The zero-order valence-electron chi connectivity index (χ0n) is 11.0. The number of aromatic nitrogens is 2. The van der Waals surface area contributed by atoms with Crippen LogP contribution in [0.25, 0.3) is 5.69 Å². The Morgan fingerprint density at radius 2 is 2.26 bits per heavy atom. The van der Waals surface area contributed by atoms with Crippen LogP contribution in [-0.2, 0) is 11.2 Å². The summed E-state index contributed by atoms with van der Waals surface area (Å²) in [5.41, 5.74) is 2.74. The maximum absolute atomic E-state index is 10.6. The van der Waals surface area contributed by atoms with E-state index < -0.39 is 5.97 Å². The number of benzene rings is 1. The van der Waals surface area contributed by atoms with E-state index in [0.29, 0.717) is 6.42 Å². The van der Waals surface area contributed by atoms with Crippen LogP contribution >= 0.6 is 0 Å². The monoisotopic (exact) mass is 260 g/mol. The van der Waals surface area contributed by atoms with Crippen molar-refractivity contribution in [1.29, 1.82) is 0 Å². The van der Waals surface area contributed by atoms with Gasteiger partial charge in [-0.15, -0.1) is 0 Å². The summed E-state index contributed by atoms with van der Waals surface area (Å²) in [6, 6.07) is 5.67. The highest BCUT2D eigenvalue weighted by atomic mass is 16.5. The van der Waals surface area contributed by atoms with Gasteiger partial charge in [0.05, 0.1) is 24.8 Å². The molecule has 1 aromatic carbocycles. The summed E-state index contributed by atoms with van der Waals surface area (Å²) in [6.07, 6.45) is 4.24. The lowest BCUT2D eigenvalue weighted by atomic mass is 10.1. The van der Waals surface area contributed by atoms with Gasteiger partial charge in [0.1, 0.15) is 5.75 Å². The molecule has 5 heteroatoms. The lowest BCUT2D eigenvalue weighted by Crippen LogP contribution is -2.00. The molecule has 1 aromatic heterocycles. The van der Waals surface area contributed by atoms with Crippen molar-refractivity contribution in [3.8, 4) is 11.4 Å². The molecule has 19 heavy (non-hydrogen) atoms. The number of rotatable bonds is 5. The predicted molar refractivity (Wildman–Crippen MR) is 70.8 cm³/mol. The number of aliphatic carboxylic acids is 1. The Balaban J connectivity index is 2.34. The summed E-state index contributed by atoms with van der Waals surface area (Å²) in [6.45, 7) is 1.91. The quantitative estimate of drug-likeness (QED) is 0.895. The molecule has 2 aromatic rings. The fourth-order valence-corrected chi connectivity index (χ4v) is 1.90. The molecule has 0 saturated heterocycles. The van der Waals surface area contributed by atoms with E-state index in [4.69, 9.17) is 9.84 Å². The van der Waals surface area contributed by atoms with Crippen molar-refractivity contribution in [1.82, 2.24) is 9.55 Å². The lowest BCUT2D eigenvalue weighted by molar-refractivity contribution is -0.136. The molecule has 0 aliphatic heterocycles. The number of hydrogen-bond donors (Lipinski definition) is 1. The van der Waals surface area contributed by atoms with Crippen molar-refractivity contribution in [3.05, 3.63) is 42.0 Å². The van der Waals surface area contributed by atoms with E-state index in [-0.39, 0.29) is 6.42 Å². The zero-order chi connectivity index (χ0) is 13.8. The fourth-order valence-electron chi connectivity index (χ4n) is 1.90. The van der Waals surface area contributed by atoms with Gasteiger partial charge in [-0.1, -0.05) is 6.07 Å². The largest absolute Gasteiger partial charge is 0.495 e. The highest BCUT2D eigenvalue weighted by Gasteiger charge is 2.08. The topological polar surface area (TPSA) is 64.3 Å². The van der Waals surface area contributed by atoms with Crippen LogP contribution in [0.3, 0.4) is 0 Å². The van der Waals surface area contributed by atoms with E-state index in [0.717, 1.165) is 22.7 Å². The minimum Gasteiger partial charge on any atom is -0.495 e. The first-order chi connectivity index (χ1) is 9.10. The summed E-state index contributed by atoms with van der Waals surface area (Å²) in [5, 5.41) is 8.73. The second-order valence-electron chi connectivity index (χ2n) is 4.32. The van der Waals surface area contributed by atoms with Gasteiger partial charge in [0.2, 0.25) is 0 Å². The van der Waals surface area contributed by atoms with Crippen LogP contribution in [0.5, 0.6) is 5.75 Å². The normalized spacial score (nSPS) is 10.4. The molecule has 0 atom stereocenters. The molecule has 0 fully saturated rings. The van der Waals surface area contributed by atoms with Crippen LogP contribution in [0.4, 0.5) is 0 Å². The lowest BCUT2D eigenvalue weighted by Gasteiger charge is -2.11. The number of aryl methyl sites for hydroxylation is 2. The molecule has 0 spiro atoms. The molecule has 0 bridgehead atoms. The minimum atomic E-state index is -0.796. The minimum absolute atomic E-state index is 0.120. The van der Waals surface area contributed by atoms with E-state index in [1.54, 1.807) is 13.4 Å². The predicted octanol–water partition coefficient (Wildman–Crippen LogP) is 2.21. The molecule has 1 N–H and O–H groups in total. The Kier molecular flexibility index (Phi) is 3.85. The fraction of sp³-hybridized carbons (Fsp3) is 0.286. The number of imidazole rings is 1. The molecule has 0 saturated carbocycles. The molecule has 0 unspecified atom stereocenters. The van der Waals surface area contributed by atoms with Crippen LogP contribution in [0, 0.1) is 6.92 Å². The average Bonchev–Trinajstić information content (AvgIpc) is 2.82. The number of methoxy groups -OCH3 is 1. The highest BCUT2D eigenvalue weighted by molar-refractivity contribution is 5.67. The van der Waals surface area contributed by atoms with Crippen LogP contribution < -0.4 is 4.74 Å². The van der Waals surface area contributed by atoms with Crippen LogP contribution in [-0.4, -0.2) is 27.7 Å². The zero-order valence-corrected chi connectivity index (χ0v) is 11.0. The number of hydrogen-bond acceptors (Lipinski definition) is 3. The first-order valence-corrected chi connectivity index (χ1v) is 6.00. The van der Waals surface area contributed by atoms with E-state index in [9.17, 15) is 4.79 Å². The van der Waals surface area contributed by atoms with Crippen LogP contribution in [0.2, 0.25) is 0 Å². The summed E-state index contributed by atoms with van der Waals surface area (Å²) in [4.78, 5) is 14.8. The van der Waals surface area contributed by atoms with Crippen molar-refractivity contribution in [2.24, 2.45) is 0 Å². The van der Waals surface area contributed by atoms with Gasteiger partial charge in [0.15, 0.2) is 0 Å². The molecule has 2 rings (SSSR count). The van der Waals surface area contributed by atoms with E-state index in [1.807, 2.05) is 35.9 Å². The van der Waals surface area contributed by atoms with Crippen molar-refractivity contribution >= 4 is 5.97 Å². The first kappa shape index (κ1) is 13.1. The van der Waals surface area contributed by atoms with Gasteiger partial charge >= 0.3 is 5.97 Å². The average molecular weight is 260 g/mol. The van der Waals surface area contributed by atoms with Gasteiger partial charge in [0.25, 0.3) is 0 Å². The molecule has 5 nitrogen and oxygen atoms in total. The summed E-state index contributed by atoms with van der Waals surface area (Å²) >= 11 is 0. The molecule has 0 amide bonds. The van der Waals surface area contributed by atoms with Crippen LogP contribution in [0.1, 0.15) is 17.7 Å².